The van der Waals surface area contributed by atoms with Gasteiger partial charge >= 0.3 is 0 Å². The topological polar surface area (TPSA) is 63.4 Å². The molecule has 0 saturated carbocycles. The molecular formula is C8H14N2O2. The van der Waals surface area contributed by atoms with Crippen molar-refractivity contribution in [2.24, 2.45) is 11.7 Å². The lowest BCUT2D eigenvalue weighted by Crippen LogP contribution is -2.38. The number of piperidine rings is 1. The van der Waals surface area contributed by atoms with Gasteiger partial charge in [0.15, 0.2) is 0 Å². The first-order valence-electron chi connectivity index (χ1n) is 4.13. The zero-order chi connectivity index (χ0) is 9.14. The zero-order valence-electron chi connectivity index (χ0n) is 7.25. The van der Waals surface area contributed by atoms with Gasteiger partial charge in [0, 0.05) is 5.92 Å². The fourth-order valence-electron chi connectivity index (χ4n) is 1.47. The molecule has 2 N–H and O–H groups in total. The number of hydrogen-bond donors (Lipinski definition) is 1. The number of nitrogens with zero attached hydrogens (tertiary/aromatic N) is 1. The van der Waals surface area contributed by atoms with Gasteiger partial charge in [-0.3, -0.25) is 9.59 Å². The molecule has 0 bridgehead atoms. The third-order valence-corrected chi connectivity index (χ3v) is 2.33. The van der Waals surface area contributed by atoms with Gasteiger partial charge in [-0.25, -0.2) is 0 Å². The van der Waals surface area contributed by atoms with Crippen molar-refractivity contribution >= 4 is 11.7 Å². The van der Waals surface area contributed by atoms with Crippen molar-refractivity contribution in [1.82, 2.24) is 4.90 Å². The lowest BCUT2D eigenvalue weighted by molar-refractivity contribution is -0.139. The normalized spacial score (nSPS) is 20.8. The van der Waals surface area contributed by atoms with Gasteiger partial charge in [0.05, 0.1) is 0 Å². The highest BCUT2D eigenvalue weighted by Crippen LogP contribution is 2.16. The van der Waals surface area contributed by atoms with Crippen molar-refractivity contribution in [3.05, 3.63) is 0 Å². The van der Waals surface area contributed by atoms with E-state index in [9.17, 15) is 9.59 Å². The Bertz CT molecular complexity index is 195. The highest BCUT2D eigenvalue weighted by molar-refractivity contribution is 6.36. The predicted molar refractivity (Wildman–Crippen MR) is 44.4 cm³/mol. The van der Waals surface area contributed by atoms with E-state index in [0.29, 0.717) is 0 Å². The van der Waals surface area contributed by atoms with Crippen LogP contribution in [0.25, 0.3) is 0 Å². The third kappa shape index (κ3) is 2.04. The molecule has 12 heavy (non-hydrogen) atoms. The van der Waals surface area contributed by atoms with Crippen LogP contribution in [0.15, 0.2) is 0 Å². The summed E-state index contributed by atoms with van der Waals surface area (Å²) in [7, 11) is 2.00. The molecule has 1 fully saturated rings. The van der Waals surface area contributed by atoms with Gasteiger partial charge in [0.2, 0.25) is 5.78 Å². The summed E-state index contributed by atoms with van der Waals surface area (Å²) in [5, 5.41) is 0. The van der Waals surface area contributed by atoms with Crippen LogP contribution in [-0.4, -0.2) is 36.7 Å². The highest BCUT2D eigenvalue weighted by Gasteiger charge is 2.26. The molecular weight excluding hydrogens is 156 g/mol. The second-order valence-electron chi connectivity index (χ2n) is 3.31. The Morgan fingerprint density at radius 1 is 1.33 bits per heavy atom. The standard InChI is InChI=1S/C8H14N2O2/c1-10-4-2-6(3-5-10)7(11)8(9)12/h6H,2-5H2,1H3,(H2,9,12). The average Bonchev–Trinajstić information content (AvgIpc) is 2.04. The minimum absolute atomic E-state index is 0.126. The lowest BCUT2D eigenvalue weighted by atomic mass is 9.92. The first-order valence-corrected chi connectivity index (χ1v) is 4.13. The van der Waals surface area contributed by atoms with E-state index in [2.05, 4.69) is 4.90 Å². The van der Waals surface area contributed by atoms with Crippen LogP contribution in [0.2, 0.25) is 0 Å². The summed E-state index contributed by atoms with van der Waals surface area (Å²) in [6.45, 7) is 1.76. The van der Waals surface area contributed by atoms with E-state index in [-0.39, 0.29) is 5.92 Å². The summed E-state index contributed by atoms with van der Waals surface area (Å²) in [4.78, 5) is 23.8. The third-order valence-electron chi connectivity index (χ3n) is 2.33. The van der Waals surface area contributed by atoms with Gasteiger partial charge in [0.1, 0.15) is 0 Å². The van der Waals surface area contributed by atoms with Gasteiger partial charge in [0.25, 0.3) is 5.91 Å². The van der Waals surface area contributed by atoms with Crippen LogP contribution in [0.5, 0.6) is 0 Å². The molecule has 0 radical (unpaired) electrons. The number of rotatable bonds is 2. The molecule has 0 aromatic rings. The number of primary amides is 1. The Morgan fingerprint density at radius 2 is 1.83 bits per heavy atom. The van der Waals surface area contributed by atoms with Crippen molar-refractivity contribution in [1.29, 1.82) is 0 Å². The smallest absolute Gasteiger partial charge is 0.285 e. The van der Waals surface area contributed by atoms with Crippen LogP contribution in [0, 0.1) is 5.92 Å². The number of Topliss-reactive ketones (excluding diaryl/α,β-unsaturated/α-hetero) is 1. The molecule has 0 aliphatic carbocycles. The maximum Gasteiger partial charge on any atom is 0.285 e. The minimum Gasteiger partial charge on any atom is -0.363 e. The molecule has 1 saturated heterocycles. The Hall–Kier alpha value is -0.900. The van der Waals surface area contributed by atoms with E-state index >= 15 is 0 Å². The quantitative estimate of drug-likeness (QED) is 0.562. The van der Waals surface area contributed by atoms with Crippen LogP contribution in [-0.2, 0) is 9.59 Å². The van der Waals surface area contributed by atoms with E-state index in [4.69, 9.17) is 5.73 Å². The number of nitrogens with two attached hydrogens (primary N) is 1. The van der Waals surface area contributed by atoms with Crippen molar-refractivity contribution in [2.75, 3.05) is 20.1 Å². The number of carbonyl (C=O) groups is 2. The fraction of sp³-hybridized carbons (Fsp3) is 0.750. The maximum atomic E-state index is 11.1. The summed E-state index contributed by atoms with van der Waals surface area (Å²) < 4.78 is 0. The molecule has 4 heteroatoms. The fourth-order valence-corrected chi connectivity index (χ4v) is 1.47. The first-order chi connectivity index (χ1) is 5.61. The van der Waals surface area contributed by atoms with Gasteiger partial charge in [-0.2, -0.15) is 0 Å². The van der Waals surface area contributed by atoms with E-state index in [0.717, 1.165) is 25.9 Å². The first kappa shape index (κ1) is 9.19. The van der Waals surface area contributed by atoms with Gasteiger partial charge in [-0.1, -0.05) is 0 Å². The second kappa shape index (κ2) is 3.67. The van der Waals surface area contributed by atoms with Crippen molar-refractivity contribution in [3.63, 3.8) is 0 Å². The van der Waals surface area contributed by atoms with E-state index in [1.54, 1.807) is 0 Å². The lowest BCUT2D eigenvalue weighted by Gasteiger charge is -2.26. The van der Waals surface area contributed by atoms with Crippen LogP contribution in [0.4, 0.5) is 0 Å². The van der Waals surface area contributed by atoms with Gasteiger partial charge < -0.3 is 10.6 Å². The molecule has 0 aromatic heterocycles. The Balaban J connectivity index is 2.44. The molecule has 1 aliphatic heterocycles. The maximum absolute atomic E-state index is 11.1. The van der Waals surface area contributed by atoms with Gasteiger partial charge in [-0.15, -0.1) is 0 Å². The average molecular weight is 170 g/mol. The summed E-state index contributed by atoms with van der Waals surface area (Å²) >= 11 is 0. The molecule has 0 atom stereocenters. The Morgan fingerprint density at radius 3 is 2.25 bits per heavy atom. The SMILES string of the molecule is CN1CCC(C(=O)C(N)=O)CC1. The second-order valence-corrected chi connectivity index (χ2v) is 3.31. The van der Waals surface area contributed by atoms with E-state index in [1.807, 2.05) is 7.05 Å². The van der Waals surface area contributed by atoms with E-state index < -0.39 is 11.7 Å². The summed E-state index contributed by atoms with van der Waals surface area (Å²) in [6, 6.07) is 0. The zero-order valence-corrected chi connectivity index (χ0v) is 7.25. The number of likely N-dealkylation sites (tertiary alicyclic amines) is 1. The monoisotopic (exact) mass is 170 g/mol. The summed E-state index contributed by atoms with van der Waals surface area (Å²) in [6.07, 6.45) is 1.52. The molecule has 1 amide bonds. The van der Waals surface area contributed by atoms with Crippen LogP contribution < -0.4 is 5.73 Å². The molecule has 1 rings (SSSR count). The van der Waals surface area contributed by atoms with Crippen LogP contribution >= 0.6 is 0 Å². The van der Waals surface area contributed by atoms with Gasteiger partial charge in [-0.05, 0) is 33.0 Å². The minimum atomic E-state index is -0.787. The molecule has 68 valence electrons. The molecule has 0 unspecified atom stereocenters. The van der Waals surface area contributed by atoms with Crippen LogP contribution in [0.1, 0.15) is 12.8 Å². The highest BCUT2D eigenvalue weighted by atomic mass is 16.2. The molecule has 0 aromatic carbocycles. The van der Waals surface area contributed by atoms with E-state index in [1.165, 1.54) is 0 Å². The summed E-state index contributed by atoms with van der Waals surface area (Å²) in [5.41, 5.74) is 4.90. The predicted octanol–water partition coefficient (Wildman–Crippen LogP) is -0.617. The number of ketones is 1. The molecule has 4 nitrogen and oxygen atoms in total. The largest absolute Gasteiger partial charge is 0.363 e. The van der Waals surface area contributed by atoms with Crippen LogP contribution in [0.3, 0.4) is 0 Å². The molecule has 0 spiro atoms. The molecule has 1 aliphatic rings. The molecule has 1 heterocycles. The Kier molecular flexibility index (Phi) is 2.81. The number of amides is 1. The Labute approximate surface area is 71.7 Å². The van der Waals surface area contributed by atoms with Crippen molar-refractivity contribution in [3.8, 4) is 0 Å². The van der Waals surface area contributed by atoms with Crippen molar-refractivity contribution < 1.29 is 9.59 Å². The number of carbonyl (C=O) groups excluding carboxylic acids is 2. The summed E-state index contributed by atoms with van der Waals surface area (Å²) in [5.74, 6) is -1.31. The number of hydrogen-bond acceptors (Lipinski definition) is 3. The van der Waals surface area contributed by atoms with Crippen molar-refractivity contribution in [2.45, 2.75) is 12.8 Å².